The fraction of sp³-hybridized carbons (Fsp3) is 0.176. The summed E-state index contributed by atoms with van der Waals surface area (Å²) >= 11 is 0. The van der Waals surface area contributed by atoms with Gasteiger partial charge in [-0.3, -0.25) is 0 Å². The minimum absolute atomic E-state index is 0.552. The van der Waals surface area contributed by atoms with E-state index in [-0.39, 0.29) is 0 Å². The largest absolute Gasteiger partial charge is 0.457 e. The first-order chi connectivity index (χ1) is 10.7. The lowest BCUT2D eigenvalue weighted by molar-refractivity contribution is 0.381. The fourth-order valence-corrected chi connectivity index (χ4v) is 2.05. The average molecular weight is 298 g/mol. The topological polar surface area (TPSA) is 76.5 Å². The third-order valence-electron chi connectivity index (χ3n) is 2.96. The van der Waals surface area contributed by atoms with Crippen LogP contribution in [0.5, 0.6) is 11.5 Å². The molecule has 22 heavy (non-hydrogen) atoms. The second-order valence-electron chi connectivity index (χ2n) is 4.97. The first-order valence-corrected chi connectivity index (χ1v) is 7.11. The minimum Gasteiger partial charge on any atom is -0.457 e. The summed E-state index contributed by atoms with van der Waals surface area (Å²) in [5.41, 5.74) is 7.55. The molecule has 0 heterocycles. The lowest BCUT2D eigenvalue weighted by Gasteiger charge is -2.16. The summed E-state index contributed by atoms with van der Waals surface area (Å²) < 4.78 is 5.81. The predicted octanol–water partition coefficient (Wildman–Crippen LogP) is 2.17. The van der Waals surface area contributed by atoms with E-state index in [0.717, 1.165) is 17.1 Å². The molecule has 0 aliphatic carbocycles. The zero-order chi connectivity index (χ0) is 15.8. The number of nitrogens with zero attached hydrogens (tertiary/aromatic N) is 1. The standard InChI is InChI=1S/C17H22N4O/c1-20-11-15(18)13-21(19)12-14-6-5-9-17(10-14)22-16-7-3-2-4-8-16/h2-10,13,20H,11-12,18-19H2,1H3/b15-13-. The summed E-state index contributed by atoms with van der Waals surface area (Å²) in [5.74, 6) is 7.54. The Morgan fingerprint density at radius 2 is 1.86 bits per heavy atom. The van der Waals surface area contributed by atoms with E-state index < -0.39 is 0 Å². The molecule has 0 saturated heterocycles. The monoisotopic (exact) mass is 298 g/mol. The predicted molar refractivity (Wildman–Crippen MR) is 88.9 cm³/mol. The molecule has 0 bridgehead atoms. The van der Waals surface area contributed by atoms with Crippen molar-refractivity contribution in [2.45, 2.75) is 6.54 Å². The van der Waals surface area contributed by atoms with E-state index in [0.29, 0.717) is 18.8 Å². The van der Waals surface area contributed by atoms with Crippen LogP contribution < -0.4 is 21.6 Å². The van der Waals surface area contributed by atoms with Crippen molar-refractivity contribution in [2.24, 2.45) is 11.6 Å². The third kappa shape index (κ3) is 5.12. The van der Waals surface area contributed by atoms with Gasteiger partial charge in [0.05, 0.1) is 6.54 Å². The molecule has 0 fully saturated rings. The highest BCUT2D eigenvalue weighted by molar-refractivity contribution is 5.33. The van der Waals surface area contributed by atoms with Gasteiger partial charge in [-0.15, -0.1) is 0 Å². The number of hydrazine groups is 1. The molecule has 0 spiro atoms. The Bertz CT molecular complexity index is 613. The summed E-state index contributed by atoms with van der Waals surface area (Å²) in [4.78, 5) is 0. The zero-order valence-electron chi connectivity index (χ0n) is 12.7. The van der Waals surface area contributed by atoms with Gasteiger partial charge in [0.15, 0.2) is 0 Å². The van der Waals surface area contributed by atoms with Crippen molar-refractivity contribution in [3.05, 3.63) is 72.1 Å². The molecule has 2 rings (SSSR count). The second-order valence-corrected chi connectivity index (χ2v) is 4.97. The van der Waals surface area contributed by atoms with E-state index in [1.807, 2.05) is 61.6 Å². The Kier molecular flexibility index (Phi) is 5.82. The Morgan fingerprint density at radius 3 is 2.59 bits per heavy atom. The van der Waals surface area contributed by atoms with Crippen LogP contribution in [0.4, 0.5) is 0 Å². The molecule has 0 unspecified atom stereocenters. The molecule has 0 amide bonds. The normalized spacial score (nSPS) is 11.3. The molecule has 2 aromatic carbocycles. The number of benzene rings is 2. The van der Waals surface area contributed by atoms with Crippen molar-refractivity contribution in [1.29, 1.82) is 0 Å². The molecule has 116 valence electrons. The van der Waals surface area contributed by atoms with Gasteiger partial charge in [0.2, 0.25) is 0 Å². The fourth-order valence-electron chi connectivity index (χ4n) is 2.05. The summed E-state index contributed by atoms with van der Waals surface area (Å²) in [6, 6.07) is 17.5. The van der Waals surface area contributed by atoms with Gasteiger partial charge in [-0.1, -0.05) is 30.3 Å². The van der Waals surface area contributed by atoms with Crippen LogP contribution in [0.3, 0.4) is 0 Å². The van der Waals surface area contributed by atoms with E-state index in [9.17, 15) is 0 Å². The summed E-state index contributed by atoms with van der Waals surface area (Å²) in [5, 5.41) is 4.54. The van der Waals surface area contributed by atoms with Gasteiger partial charge in [0.1, 0.15) is 11.5 Å². The van der Waals surface area contributed by atoms with E-state index in [4.69, 9.17) is 16.3 Å². The van der Waals surface area contributed by atoms with Crippen LogP contribution in [0.15, 0.2) is 66.5 Å². The maximum Gasteiger partial charge on any atom is 0.127 e. The second kappa shape index (κ2) is 8.07. The molecule has 2 aromatic rings. The number of nitrogens with one attached hydrogen (secondary N) is 1. The first-order valence-electron chi connectivity index (χ1n) is 7.11. The van der Waals surface area contributed by atoms with Crippen molar-refractivity contribution in [3.8, 4) is 11.5 Å². The van der Waals surface area contributed by atoms with Gasteiger partial charge in [-0.2, -0.15) is 0 Å². The number of hydrogen-bond donors (Lipinski definition) is 3. The van der Waals surface area contributed by atoms with Gasteiger partial charge in [0.25, 0.3) is 0 Å². The van der Waals surface area contributed by atoms with Crippen LogP contribution in [0.2, 0.25) is 0 Å². The van der Waals surface area contributed by atoms with E-state index in [1.54, 1.807) is 11.2 Å². The Hall–Kier alpha value is -2.50. The maximum atomic E-state index is 5.95. The van der Waals surface area contributed by atoms with E-state index in [2.05, 4.69) is 5.32 Å². The summed E-state index contributed by atoms with van der Waals surface area (Å²) in [6.45, 7) is 1.15. The summed E-state index contributed by atoms with van der Waals surface area (Å²) in [7, 11) is 1.84. The summed E-state index contributed by atoms with van der Waals surface area (Å²) in [6.07, 6.45) is 1.72. The average Bonchev–Trinajstić information content (AvgIpc) is 2.48. The van der Waals surface area contributed by atoms with Gasteiger partial charge < -0.3 is 20.8 Å². The van der Waals surface area contributed by atoms with E-state index in [1.165, 1.54) is 0 Å². The molecule has 0 aliphatic rings. The Balaban J connectivity index is 2.01. The molecule has 5 heteroatoms. The van der Waals surface area contributed by atoms with Crippen LogP contribution in [0.25, 0.3) is 0 Å². The SMILES string of the molecule is CNC/C(N)=C/N(N)Cc1cccc(Oc2ccccc2)c1. The molecule has 0 radical (unpaired) electrons. The highest BCUT2D eigenvalue weighted by atomic mass is 16.5. The van der Waals surface area contributed by atoms with Crippen LogP contribution in [-0.4, -0.2) is 18.6 Å². The van der Waals surface area contributed by atoms with E-state index >= 15 is 0 Å². The lowest BCUT2D eigenvalue weighted by atomic mass is 10.2. The van der Waals surface area contributed by atoms with Gasteiger partial charge in [-0.25, -0.2) is 5.84 Å². The molecular formula is C17H22N4O. The molecule has 0 aromatic heterocycles. The first kappa shape index (κ1) is 15.9. The number of para-hydroxylation sites is 1. The molecular weight excluding hydrogens is 276 g/mol. The van der Waals surface area contributed by atoms with Gasteiger partial charge in [-0.05, 0) is 36.9 Å². The zero-order valence-corrected chi connectivity index (χ0v) is 12.7. The smallest absolute Gasteiger partial charge is 0.127 e. The molecule has 0 aliphatic heterocycles. The molecule has 5 nitrogen and oxygen atoms in total. The molecule has 0 atom stereocenters. The number of likely N-dealkylation sites (N-methyl/N-ethyl adjacent to an activating group) is 1. The number of hydrogen-bond acceptors (Lipinski definition) is 5. The highest BCUT2D eigenvalue weighted by Gasteiger charge is 2.02. The van der Waals surface area contributed by atoms with Crippen molar-refractivity contribution in [2.75, 3.05) is 13.6 Å². The Morgan fingerprint density at radius 1 is 1.14 bits per heavy atom. The highest BCUT2D eigenvalue weighted by Crippen LogP contribution is 2.22. The van der Waals surface area contributed by atoms with Gasteiger partial charge in [0, 0.05) is 18.4 Å². The van der Waals surface area contributed by atoms with Crippen molar-refractivity contribution in [3.63, 3.8) is 0 Å². The Labute approximate surface area is 131 Å². The van der Waals surface area contributed by atoms with Crippen LogP contribution in [0, 0.1) is 0 Å². The number of nitrogens with two attached hydrogens (primary N) is 2. The minimum atomic E-state index is 0.552. The van der Waals surface area contributed by atoms with Gasteiger partial charge >= 0.3 is 0 Å². The van der Waals surface area contributed by atoms with Crippen LogP contribution in [-0.2, 0) is 6.54 Å². The quantitative estimate of drug-likeness (QED) is 0.539. The van der Waals surface area contributed by atoms with Crippen molar-refractivity contribution >= 4 is 0 Å². The third-order valence-corrected chi connectivity index (χ3v) is 2.96. The number of rotatable bonds is 7. The molecule has 5 N–H and O–H groups in total. The molecule has 0 saturated carbocycles. The number of ether oxygens (including phenoxy) is 1. The lowest BCUT2D eigenvalue weighted by Crippen LogP contribution is -2.28. The van der Waals surface area contributed by atoms with Crippen molar-refractivity contribution in [1.82, 2.24) is 10.3 Å². The van der Waals surface area contributed by atoms with Crippen LogP contribution in [0.1, 0.15) is 5.56 Å². The van der Waals surface area contributed by atoms with Crippen molar-refractivity contribution < 1.29 is 4.74 Å². The maximum absolute atomic E-state index is 5.95. The van der Waals surface area contributed by atoms with Crippen LogP contribution >= 0.6 is 0 Å².